The third-order valence-corrected chi connectivity index (χ3v) is 7.28. The smallest absolute Gasteiger partial charge is 0.434 e. The Labute approximate surface area is 193 Å². The molecule has 2 heterocycles. The molecular formula is C20H18ClF3N4O4S. The fraction of sp³-hybridized carbons (Fsp3) is 0.350. The zero-order chi connectivity index (χ0) is 24.4. The van der Waals surface area contributed by atoms with Gasteiger partial charge in [0.15, 0.2) is 5.69 Å². The lowest BCUT2D eigenvalue weighted by Crippen LogP contribution is -2.49. The van der Waals surface area contributed by atoms with Gasteiger partial charge in [-0.1, -0.05) is 23.7 Å². The quantitative estimate of drug-likeness (QED) is 0.578. The topological polar surface area (TPSA) is 104 Å². The second-order valence-electron chi connectivity index (χ2n) is 6.91. The molecule has 1 aliphatic rings. The van der Waals surface area contributed by atoms with Crippen LogP contribution in [-0.4, -0.2) is 56.5 Å². The summed E-state index contributed by atoms with van der Waals surface area (Å²) in [5.41, 5.74) is -2.58. The van der Waals surface area contributed by atoms with Crippen LogP contribution in [0.25, 0.3) is 0 Å². The van der Waals surface area contributed by atoms with Gasteiger partial charge < -0.3 is 9.64 Å². The van der Waals surface area contributed by atoms with Gasteiger partial charge in [-0.05, 0) is 25.1 Å². The Bertz CT molecular complexity index is 1210. The van der Waals surface area contributed by atoms with Gasteiger partial charge >= 0.3 is 12.1 Å². The molecule has 176 valence electrons. The first-order valence-corrected chi connectivity index (χ1v) is 11.5. The van der Waals surface area contributed by atoms with Crippen molar-refractivity contribution in [2.75, 3.05) is 37.7 Å². The summed E-state index contributed by atoms with van der Waals surface area (Å²) in [5.74, 6) is -1.52. The van der Waals surface area contributed by atoms with Crippen LogP contribution < -0.4 is 4.90 Å². The zero-order valence-corrected chi connectivity index (χ0v) is 18.8. The number of hydrogen-bond donors (Lipinski definition) is 0. The van der Waals surface area contributed by atoms with Crippen LogP contribution in [-0.2, 0) is 20.9 Å². The average Bonchev–Trinajstić information content (AvgIpc) is 2.78. The number of pyridine rings is 1. The van der Waals surface area contributed by atoms with Crippen molar-refractivity contribution in [3.63, 3.8) is 0 Å². The number of anilines is 1. The lowest BCUT2D eigenvalue weighted by Gasteiger charge is -2.35. The first-order chi connectivity index (χ1) is 15.5. The third kappa shape index (κ3) is 5.05. The molecule has 3 rings (SSSR count). The van der Waals surface area contributed by atoms with Crippen molar-refractivity contribution in [2.24, 2.45) is 0 Å². The summed E-state index contributed by atoms with van der Waals surface area (Å²) >= 11 is 6.01. The van der Waals surface area contributed by atoms with Crippen molar-refractivity contribution >= 4 is 33.4 Å². The molecule has 0 spiro atoms. The number of esters is 1. The van der Waals surface area contributed by atoms with Crippen LogP contribution in [0.4, 0.5) is 19.0 Å². The first-order valence-electron chi connectivity index (χ1n) is 9.69. The summed E-state index contributed by atoms with van der Waals surface area (Å²) in [6.45, 7) is 1.10. The summed E-state index contributed by atoms with van der Waals surface area (Å²) < 4.78 is 72.4. The molecule has 0 amide bonds. The van der Waals surface area contributed by atoms with E-state index in [4.69, 9.17) is 11.6 Å². The normalized spacial score (nSPS) is 15.2. The molecule has 0 atom stereocenters. The highest BCUT2D eigenvalue weighted by Gasteiger charge is 2.40. The summed E-state index contributed by atoms with van der Waals surface area (Å²) in [7, 11) is -3.92. The van der Waals surface area contributed by atoms with Crippen molar-refractivity contribution < 1.29 is 31.1 Å². The van der Waals surface area contributed by atoms with Gasteiger partial charge in [0.2, 0.25) is 10.0 Å². The fourth-order valence-electron chi connectivity index (χ4n) is 3.34. The number of piperazine rings is 1. The van der Waals surface area contributed by atoms with Crippen LogP contribution in [0, 0.1) is 11.3 Å². The Morgan fingerprint density at radius 2 is 1.88 bits per heavy atom. The number of nitriles is 1. The number of ether oxygens (including phenoxy) is 1. The molecule has 0 unspecified atom stereocenters. The largest absolute Gasteiger partial charge is 0.462 e. The molecule has 8 nitrogen and oxygen atoms in total. The maximum Gasteiger partial charge on any atom is 0.434 e. The molecular weight excluding hydrogens is 485 g/mol. The van der Waals surface area contributed by atoms with Crippen LogP contribution in [0.2, 0.25) is 5.02 Å². The SMILES string of the molecule is CCOC(=O)c1cc(C#N)c(N2CCN(S(=O)(=O)c3ccccc3Cl)CC2)nc1C(F)(F)F. The van der Waals surface area contributed by atoms with E-state index in [1.54, 1.807) is 12.1 Å². The van der Waals surface area contributed by atoms with Crippen molar-refractivity contribution in [3.8, 4) is 6.07 Å². The van der Waals surface area contributed by atoms with Gasteiger partial charge in [0.05, 0.1) is 22.8 Å². The highest BCUT2D eigenvalue weighted by molar-refractivity contribution is 7.89. The molecule has 0 N–H and O–H groups in total. The molecule has 33 heavy (non-hydrogen) atoms. The minimum atomic E-state index is -4.97. The lowest BCUT2D eigenvalue weighted by molar-refractivity contribution is -0.141. The predicted octanol–water partition coefficient (Wildman–Crippen LogP) is 3.31. The number of carbonyl (C=O) groups is 1. The van der Waals surface area contributed by atoms with E-state index in [1.807, 2.05) is 0 Å². The fourth-order valence-corrected chi connectivity index (χ4v) is 5.26. The van der Waals surface area contributed by atoms with Crippen molar-refractivity contribution in [1.29, 1.82) is 5.26 Å². The van der Waals surface area contributed by atoms with Gasteiger partial charge in [-0.25, -0.2) is 18.2 Å². The van der Waals surface area contributed by atoms with E-state index in [1.165, 1.54) is 30.0 Å². The molecule has 1 fully saturated rings. The Hall–Kier alpha value is -2.88. The number of sulfonamides is 1. The molecule has 1 aromatic carbocycles. The molecule has 1 saturated heterocycles. The first kappa shape index (κ1) is 24.8. The summed E-state index contributed by atoms with van der Waals surface area (Å²) in [6, 6.07) is 8.48. The van der Waals surface area contributed by atoms with Crippen LogP contribution in [0.1, 0.15) is 28.5 Å². The molecule has 1 aromatic heterocycles. The van der Waals surface area contributed by atoms with Gasteiger partial charge in [0.25, 0.3) is 0 Å². The Balaban J connectivity index is 1.92. The number of benzene rings is 1. The molecule has 0 saturated carbocycles. The van der Waals surface area contributed by atoms with Crippen molar-refractivity contribution in [1.82, 2.24) is 9.29 Å². The maximum absolute atomic E-state index is 13.6. The van der Waals surface area contributed by atoms with Crippen LogP contribution >= 0.6 is 11.6 Å². The number of halogens is 4. The number of carbonyl (C=O) groups excluding carboxylic acids is 1. The van der Waals surface area contributed by atoms with Gasteiger partial charge in [0.1, 0.15) is 16.8 Å². The highest BCUT2D eigenvalue weighted by atomic mass is 35.5. The van der Waals surface area contributed by atoms with Crippen LogP contribution in [0.15, 0.2) is 35.2 Å². The van der Waals surface area contributed by atoms with Crippen molar-refractivity contribution in [2.45, 2.75) is 18.0 Å². The van der Waals surface area contributed by atoms with E-state index in [0.717, 1.165) is 10.4 Å². The standard InChI is InChI=1S/C20H18ClF3N4O4S/c1-2-32-19(29)14-11-13(12-25)18(26-17(14)20(22,23)24)27-7-9-28(10-8-27)33(30,31)16-6-4-3-5-15(16)21/h3-6,11H,2,7-10H2,1H3. The number of rotatable bonds is 5. The summed E-state index contributed by atoms with van der Waals surface area (Å²) in [5, 5.41) is 9.52. The van der Waals surface area contributed by atoms with E-state index < -0.39 is 33.4 Å². The number of hydrogen-bond acceptors (Lipinski definition) is 7. The molecule has 0 radical (unpaired) electrons. The zero-order valence-electron chi connectivity index (χ0n) is 17.3. The van der Waals surface area contributed by atoms with E-state index in [-0.39, 0.29) is 54.1 Å². The van der Waals surface area contributed by atoms with Gasteiger partial charge in [0, 0.05) is 26.2 Å². The van der Waals surface area contributed by atoms with Gasteiger partial charge in [-0.15, -0.1) is 0 Å². The highest BCUT2D eigenvalue weighted by Crippen LogP contribution is 2.35. The van der Waals surface area contributed by atoms with Gasteiger partial charge in [-0.3, -0.25) is 0 Å². The Kier molecular flexibility index (Phi) is 7.16. The van der Waals surface area contributed by atoms with E-state index in [0.29, 0.717) is 0 Å². The minimum Gasteiger partial charge on any atom is -0.462 e. The second kappa shape index (κ2) is 9.54. The number of aromatic nitrogens is 1. The molecule has 0 aliphatic carbocycles. The maximum atomic E-state index is 13.6. The molecule has 13 heteroatoms. The average molecular weight is 503 g/mol. The molecule has 1 aliphatic heterocycles. The second-order valence-corrected chi connectivity index (χ2v) is 9.22. The monoisotopic (exact) mass is 502 g/mol. The van der Waals surface area contributed by atoms with Crippen LogP contribution in [0.5, 0.6) is 0 Å². The van der Waals surface area contributed by atoms with E-state index >= 15 is 0 Å². The van der Waals surface area contributed by atoms with Crippen molar-refractivity contribution in [3.05, 3.63) is 52.2 Å². The van der Waals surface area contributed by atoms with E-state index in [9.17, 15) is 31.6 Å². The Morgan fingerprint density at radius 3 is 2.42 bits per heavy atom. The molecule has 0 bridgehead atoms. The van der Waals surface area contributed by atoms with Crippen LogP contribution in [0.3, 0.4) is 0 Å². The molecule has 2 aromatic rings. The Morgan fingerprint density at radius 1 is 1.24 bits per heavy atom. The van der Waals surface area contributed by atoms with Gasteiger partial charge in [-0.2, -0.15) is 22.7 Å². The minimum absolute atomic E-state index is 0.0264. The number of alkyl halides is 3. The predicted molar refractivity (Wildman–Crippen MR) is 112 cm³/mol. The number of nitrogens with zero attached hydrogens (tertiary/aromatic N) is 4. The lowest BCUT2D eigenvalue weighted by atomic mass is 10.1. The van der Waals surface area contributed by atoms with E-state index in [2.05, 4.69) is 9.72 Å². The summed E-state index contributed by atoms with van der Waals surface area (Å²) in [6.07, 6.45) is -4.97. The summed E-state index contributed by atoms with van der Waals surface area (Å²) in [4.78, 5) is 16.9. The third-order valence-electron chi connectivity index (χ3n) is 4.88.